The molecule has 0 fully saturated rings. The molecule has 0 aliphatic heterocycles. The number of unbranched alkanes of at least 4 members (excludes halogenated alkanes) is 8. The van der Waals surface area contributed by atoms with Gasteiger partial charge in [0.15, 0.2) is 0 Å². The van der Waals surface area contributed by atoms with Gasteiger partial charge in [-0.05, 0) is 38.5 Å². The van der Waals surface area contributed by atoms with Gasteiger partial charge in [0, 0.05) is 19.3 Å². The predicted octanol–water partition coefficient (Wildman–Crippen LogP) is 5.87. The number of allylic oxidation sites excluding steroid dienone is 2. The van der Waals surface area contributed by atoms with Gasteiger partial charge in [-0.15, -0.1) is 0 Å². The molecule has 0 rings (SSSR count). The van der Waals surface area contributed by atoms with Crippen molar-refractivity contribution in [1.82, 2.24) is 0 Å². The van der Waals surface area contributed by atoms with Gasteiger partial charge < -0.3 is 19.8 Å². The lowest BCUT2D eigenvalue weighted by atomic mass is 10.1. The number of carboxylic acids is 3. The first-order valence-electron chi connectivity index (χ1n) is 13.0. The highest BCUT2D eigenvalue weighted by molar-refractivity contribution is 5.67. The van der Waals surface area contributed by atoms with Crippen molar-refractivity contribution >= 4 is 17.9 Å². The third kappa shape index (κ3) is 20.4. The minimum Gasteiger partial charge on any atom is -0.481 e. The van der Waals surface area contributed by atoms with Crippen molar-refractivity contribution in [1.29, 1.82) is 0 Å². The summed E-state index contributed by atoms with van der Waals surface area (Å²) in [6.07, 6.45) is 18.2. The highest BCUT2D eigenvalue weighted by Gasteiger charge is 2.27. The van der Waals surface area contributed by atoms with E-state index in [9.17, 15) is 14.4 Å². The van der Waals surface area contributed by atoms with Gasteiger partial charge in [0.05, 0.1) is 45.4 Å². The molecule has 0 saturated heterocycles. The molecule has 0 aromatic heterocycles. The molecular weight excluding hydrogens is 422 g/mol. The molecule has 0 aliphatic carbocycles. The first-order valence-corrected chi connectivity index (χ1v) is 13.0. The van der Waals surface area contributed by atoms with Crippen LogP contribution in [0.3, 0.4) is 0 Å². The van der Waals surface area contributed by atoms with Gasteiger partial charge in [0.2, 0.25) is 0 Å². The average Bonchev–Trinajstić information content (AvgIpc) is 2.73. The van der Waals surface area contributed by atoms with Gasteiger partial charge in [-0.3, -0.25) is 14.4 Å². The average molecular weight is 471 g/mol. The Morgan fingerprint density at radius 3 is 1.30 bits per heavy atom. The summed E-state index contributed by atoms with van der Waals surface area (Å²) >= 11 is 0. The number of rotatable bonds is 24. The van der Waals surface area contributed by atoms with Gasteiger partial charge in [-0.1, -0.05) is 44.8 Å². The van der Waals surface area contributed by atoms with Crippen LogP contribution >= 0.6 is 0 Å². The van der Waals surface area contributed by atoms with E-state index in [1.807, 2.05) is 0 Å². The van der Waals surface area contributed by atoms with Crippen LogP contribution in [0.25, 0.3) is 0 Å². The summed E-state index contributed by atoms with van der Waals surface area (Å²) in [6, 6.07) is 0. The van der Waals surface area contributed by atoms with Gasteiger partial charge in [0.25, 0.3) is 0 Å². The SMILES string of the molecule is CCCCCC/C=C/CCCCCC[N+](CCCC(=O)O)(CCCC(=O)O)CCCC(=O)O. The number of aliphatic carboxylic acids is 3. The van der Waals surface area contributed by atoms with Crippen LogP contribution in [0.4, 0.5) is 0 Å². The Kier molecular flexibility index (Phi) is 19.5. The number of quaternary nitrogens is 1. The van der Waals surface area contributed by atoms with Gasteiger partial charge >= 0.3 is 17.9 Å². The number of carbonyl (C=O) groups is 3. The highest BCUT2D eigenvalue weighted by atomic mass is 16.4. The van der Waals surface area contributed by atoms with E-state index in [0.717, 1.165) is 38.6 Å². The summed E-state index contributed by atoms with van der Waals surface area (Å²) in [5.41, 5.74) is 0. The lowest BCUT2D eigenvalue weighted by Crippen LogP contribution is -2.51. The van der Waals surface area contributed by atoms with Crippen LogP contribution in [0.5, 0.6) is 0 Å². The number of hydrogen-bond donors (Lipinski definition) is 3. The molecule has 0 unspecified atom stereocenters. The molecule has 0 aromatic rings. The Morgan fingerprint density at radius 1 is 0.545 bits per heavy atom. The highest BCUT2D eigenvalue weighted by Crippen LogP contribution is 2.18. The van der Waals surface area contributed by atoms with Crippen molar-refractivity contribution in [2.75, 3.05) is 26.2 Å². The first-order chi connectivity index (χ1) is 15.8. The lowest BCUT2D eigenvalue weighted by molar-refractivity contribution is -0.929. The summed E-state index contributed by atoms with van der Waals surface area (Å²) in [7, 11) is 0. The molecule has 0 radical (unpaired) electrons. The van der Waals surface area contributed by atoms with E-state index in [4.69, 9.17) is 15.3 Å². The van der Waals surface area contributed by atoms with Crippen LogP contribution in [0, 0.1) is 0 Å². The Bertz CT molecular complexity index is 511. The van der Waals surface area contributed by atoms with Crippen LogP contribution in [0.1, 0.15) is 110 Å². The second-order valence-corrected chi connectivity index (χ2v) is 9.25. The van der Waals surface area contributed by atoms with E-state index >= 15 is 0 Å². The third-order valence-electron chi connectivity index (χ3n) is 6.21. The van der Waals surface area contributed by atoms with Crippen LogP contribution in [0.2, 0.25) is 0 Å². The van der Waals surface area contributed by atoms with Crippen molar-refractivity contribution in [3.05, 3.63) is 12.2 Å². The summed E-state index contributed by atoms with van der Waals surface area (Å²) < 4.78 is 0.630. The van der Waals surface area contributed by atoms with Crippen LogP contribution < -0.4 is 0 Å². The zero-order chi connectivity index (χ0) is 24.8. The molecule has 7 heteroatoms. The van der Waals surface area contributed by atoms with Gasteiger partial charge in [-0.2, -0.15) is 0 Å². The van der Waals surface area contributed by atoms with E-state index in [-0.39, 0.29) is 19.3 Å². The van der Waals surface area contributed by atoms with E-state index in [1.165, 1.54) is 32.1 Å². The van der Waals surface area contributed by atoms with Crippen molar-refractivity contribution in [3.63, 3.8) is 0 Å². The minimum atomic E-state index is -0.831. The number of hydrogen-bond acceptors (Lipinski definition) is 3. The fourth-order valence-electron chi connectivity index (χ4n) is 4.36. The molecule has 0 heterocycles. The Hall–Kier alpha value is -1.89. The summed E-state index contributed by atoms with van der Waals surface area (Å²) in [4.78, 5) is 33.0. The smallest absolute Gasteiger partial charge is 0.303 e. The van der Waals surface area contributed by atoms with Crippen molar-refractivity contribution in [2.24, 2.45) is 0 Å². The Balaban J connectivity index is 4.56. The molecule has 3 N–H and O–H groups in total. The standard InChI is InChI=1S/C26H47NO6/c1-2-3-4-5-6-7-8-9-10-11-12-13-20-27(21-14-17-24(28)29,22-15-18-25(30)31)23-16-19-26(32)33/h7-8H,2-6,9-23H2,1H3,(H2-,28,29,30,31,32,33)/p+1/b8-7+. The second kappa shape index (κ2) is 20.7. The summed E-state index contributed by atoms with van der Waals surface area (Å²) in [6.45, 7) is 5.05. The van der Waals surface area contributed by atoms with Crippen molar-refractivity contribution < 1.29 is 34.2 Å². The zero-order valence-electron chi connectivity index (χ0n) is 20.8. The molecule has 0 atom stereocenters. The van der Waals surface area contributed by atoms with E-state index in [1.54, 1.807) is 0 Å². The molecule has 192 valence electrons. The maximum Gasteiger partial charge on any atom is 0.303 e. The van der Waals surface area contributed by atoms with E-state index in [0.29, 0.717) is 43.4 Å². The monoisotopic (exact) mass is 470 g/mol. The lowest BCUT2D eigenvalue weighted by Gasteiger charge is -2.39. The number of carboxylic acid groups (broad SMARTS) is 3. The van der Waals surface area contributed by atoms with Crippen molar-refractivity contribution in [2.45, 2.75) is 110 Å². The van der Waals surface area contributed by atoms with Gasteiger partial charge in [0.1, 0.15) is 0 Å². The fraction of sp³-hybridized carbons (Fsp3) is 0.808. The topological polar surface area (TPSA) is 112 Å². The molecule has 0 amide bonds. The molecule has 33 heavy (non-hydrogen) atoms. The molecule has 0 aliphatic rings. The maximum absolute atomic E-state index is 11.0. The molecular formula is C26H48NO6+. The Morgan fingerprint density at radius 2 is 0.909 bits per heavy atom. The fourth-order valence-corrected chi connectivity index (χ4v) is 4.36. The molecule has 0 aromatic carbocycles. The first kappa shape index (κ1) is 31.1. The van der Waals surface area contributed by atoms with Crippen molar-refractivity contribution in [3.8, 4) is 0 Å². The third-order valence-corrected chi connectivity index (χ3v) is 6.21. The van der Waals surface area contributed by atoms with E-state index in [2.05, 4.69) is 19.1 Å². The molecule has 0 bridgehead atoms. The number of nitrogens with zero attached hydrogens (tertiary/aromatic N) is 1. The van der Waals surface area contributed by atoms with Crippen LogP contribution in [0.15, 0.2) is 12.2 Å². The second-order valence-electron chi connectivity index (χ2n) is 9.25. The predicted molar refractivity (Wildman–Crippen MR) is 131 cm³/mol. The van der Waals surface area contributed by atoms with Gasteiger partial charge in [-0.25, -0.2) is 0 Å². The maximum atomic E-state index is 11.0. The molecule has 0 saturated carbocycles. The largest absolute Gasteiger partial charge is 0.481 e. The molecule has 0 spiro atoms. The summed E-state index contributed by atoms with van der Waals surface area (Å²) in [5.74, 6) is -2.49. The normalized spacial score (nSPS) is 11.8. The van der Waals surface area contributed by atoms with Crippen LogP contribution in [-0.2, 0) is 14.4 Å². The quantitative estimate of drug-likeness (QED) is 0.0923. The minimum absolute atomic E-state index is 0.0860. The van der Waals surface area contributed by atoms with E-state index < -0.39 is 17.9 Å². The summed E-state index contributed by atoms with van der Waals surface area (Å²) in [5, 5.41) is 27.1. The van der Waals surface area contributed by atoms with Crippen LogP contribution in [-0.4, -0.2) is 63.9 Å². The zero-order valence-corrected chi connectivity index (χ0v) is 20.8. The molecule has 7 nitrogen and oxygen atoms in total. The Labute approximate surface area is 200 Å².